The van der Waals surface area contributed by atoms with Crippen LogP contribution in [-0.2, 0) is 32.7 Å². The first-order valence-corrected chi connectivity index (χ1v) is 17.9. The van der Waals surface area contributed by atoms with Gasteiger partial charge in [0.15, 0.2) is 28.2 Å². The molecular formula is C38H37F5N2O5S. The summed E-state index contributed by atoms with van der Waals surface area (Å²) in [5.74, 6) is -13.5. The summed E-state index contributed by atoms with van der Waals surface area (Å²) in [4.78, 5) is 26.3. The molecule has 1 amide bonds. The number of aryl methyl sites for hydroxylation is 1. The second-order valence-electron chi connectivity index (χ2n) is 12.7. The first kappa shape index (κ1) is 37.6. The van der Waals surface area contributed by atoms with E-state index in [1.165, 1.54) is 29.5 Å². The molecule has 0 saturated heterocycles. The minimum atomic E-state index is -5.44. The van der Waals surface area contributed by atoms with Crippen molar-refractivity contribution < 1.29 is 44.7 Å². The number of rotatable bonds is 11. The van der Waals surface area contributed by atoms with Gasteiger partial charge < -0.3 is 9.64 Å². The lowest BCUT2D eigenvalue weighted by atomic mass is 9.84. The van der Waals surface area contributed by atoms with Crippen molar-refractivity contribution in [1.82, 2.24) is 4.31 Å². The van der Waals surface area contributed by atoms with Gasteiger partial charge in [-0.1, -0.05) is 73.9 Å². The lowest BCUT2D eigenvalue weighted by Crippen LogP contribution is -2.48. The highest BCUT2D eigenvalue weighted by molar-refractivity contribution is 7.89. The minimum absolute atomic E-state index is 0.0311. The molecule has 13 heteroatoms. The molecule has 7 nitrogen and oxygen atoms in total. The standard InChI is InChI=1S/C38H37F5N2O5S/c1-23-20-29(38(47)50-22-26-10-6-4-7-11-26)18-19-30(23)45(21-25-14-16-28(17-15-25)27-12-8-5-9-13-27)37(46)24(2)44(3)51(48,49)36-34(42)32(40)31(39)33(41)35(36)43/h4,6-7,10-11,14-20,24,27H,5,8-9,12-13,21-22H2,1-3H3/t24-/m1/s1. The third-order valence-corrected chi connectivity index (χ3v) is 11.3. The van der Waals surface area contributed by atoms with Crippen molar-refractivity contribution in [2.45, 2.75) is 76.0 Å². The van der Waals surface area contributed by atoms with Crippen LogP contribution in [0.25, 0.3) is 0 Å². The number of esters is 1. The van der Waals surface area contributed by atoms with Crippen LogP contribution < -0.4 is 4.90 Å². The van der Waals surface area contributed by atoms with E-state index in [2.05, 4.69) is 0 Å². The van der Waals surface area contributed by atoms with E-state index in [0.717, 1.165) is 50.8 Å². The van der Waals surface area contributed by atoms with Gasteiger partial charge in [-0.3, -0.25) is 4.79 Å². The predicted molar refractivity (Wildman–Crippen MR) is 181 cm³/mol. The van der Waals surface area contributed by atoms with Crippen LogP contribution in [0.3, 0.4) is 0 Å². The Labute approximate surface area is 293 Å². The summed E-state index contributed by atoms with van der Waals surface area (Å²) in [6, 6.07) is 19.5. The third-order valence-electron chi connectivity index (χ3n) is 9.31. The molecule has 4 aromatic carbocycles. The predicted octanol–water partition coefficient (Wildman–Crippen LogP) is 8.34. The number of nitrogens with zero attached hydrogens (tertiary/aromatic N) is 2. The second-order valence-corrected chi connectivity index (χ2v) is 14.6. The van der Waals surface area contributed by atoms with Crippen molar-refractivity contribution in [3.05, 3.63) is 130 Å². The van der Waals surface area contributed by atoms with Gasteiger partial charge >= 0.3 is 5.97 Å². The Balaban J connectivity index is 1.46. The molecule has 5 rings (SSSR count). The number of halogens is 5. The van der Waals surface area contributed by atoms with Crippen molar-refractivity contribution in [3.63, 3.8) is 0 Å². The van der Waals surface area contributed by atoms with Crippen LogP contribution in [0.4, 0.5) is 27.6 Å². The van der Waals surface area contributed by atoms with Crippen molar-refractivity contribution in [2.24, 2.45) is 0 Å². The normalized spacial score (nSPS) is 14.4. The Morgan fingerprint density at radius 2 is 1.39 bits per heavy atom. The molecule has 51 heavy (non-hydrogen) atoms. The van der Waals surface area contributed by atoms with E-state index in [1.54, 1.807) is 19.1 Å². The fraction of sp³-hybridized carbons (Fsp3) is 0.316. The number of ether oxygens (including phenoxy) is 1. The maximum absolute atomic E-state index is 14.6. The Bertz CT molecular complexity index is 1990. The SMILES string of the molecule is Cc1cc(C(=O)OCc2ccccc2)ccc1N(Cc1ccc(C2CCCCC2)cc1)C(=O)[C@@H](C)N(C)S(=O)(=O)c1c(F)c(F)c(F)c(F)c1F. The molecule has 1 aliphatic rings. The first-order chi connectivity index (χ1) is 24.2. The summed E-state index contributed by atoms with van der Waals surface area (Å²) in [5.41, 5.74) is 3.53. The van der Waals surface area contributed by atoms with Gasteiger partial charge in [0.2, 0.25) is 21.7 Å². The summed E-state index contributed by atoms with van der Waals surface area (Å²) in [6.45, 7) is 2.72. The van der Waals surface area contributed by atoms with Crippen molar-refractivity contribution in [2.75, 3.05) is 11.9 Å². The molecule has 0 unspecified atom stereocenters. The van der Waals surface area contributed by atoms with E-state index in [9.17, 15) is 40.0 Å². The molecule has 1 atom stereocenters. The summed E-state index contributed by atoms with van der Waals surface area (Å²) in [6.07, 6.45) is 5.63. The highest BCUT2D eigenvalue weighted by atomic mass is 32.2. The summed E-state index contributed by atoms with van der Waals surface area (Å²) >= 11 is 0. The van der Waals surface area contributed by atoms with Crippen LogP contribution in [0.2, 0.25) is 0 Å². The molecule has 1 fully saturated rings. The topological polar surface area (TPSA) is 84.0 Å². The number of anilines is 1. The average Bonchev–Trinajstić information content (AvgIpc) is 3.14. The van der Waals surface area contributed by atoms with Crippen molar-refractivity contribution in [1.29, 1.82) is 0 Å². The third kappa shape index (κ3) is 7.99. The van der Waals surface area contributed by atoms with Crippen molar-refractivity contribution in [3.8, 4) is 0 Å². The first-order valence-electron chi connectivity index (χ1n) is 16.4. The quantitative estimate of drug-likeness (QED) is 0.0672. The fourth-order valence-corrected chi connectivity index (χ4v) is 7.66. The highest BCUT2D eigenvalue weighted by Crippen LogP contribution is 2.34. The highest BCUT2D eigenvalue weighted by Gasteiger charge is 2.40. The van der Waals surface area contributed by atoms with Crippen LogP contribution in [0.5, 0.6) is 0 Å². The lowest BCUT2D eigenvalue weighted by Gasteiger charge is -2.31. The van der Waals surface area contributed by atoms with Crippen LogP contribution in [0, 0.1) is 36.0 Å². The molecule has 0 radical (unpaired) electrons. The molecule has 1 aliphatic carbocycles. The van der Waals surface area contributed by atoms with E-state index in [-0.39, 0.29) is 28.7 Å². The smallest absolute Gasteiger partial charge is 0.338 e. The Morgan fingerprint density at radius 1 is 0.804 bits per heavy atom. The van der Waals surface area contributed by atoms with Crippen molar-refractivity contribution >= 4 is 27.6 Å². The summed E-state index contributed by atoms with van der Waals surface area (Å²) in [7, 11) is -4.63. The van der Waals surface area contributed by atoms with Gasteiger partial charge in [-0.15, -0.1) is 0 Å². The molecule has 0 aromatic heterocycles. The van der Waals surface area contributed by atoms with Gasteiger partial charge in [-0.05, 0) is 73.1 Å². The minimum Gasteiger partial charge on any atom is -0.457 e. The second kappa shape index (κ2) is 15.7. The van der Waals surface area contributed by atoms with E-state index in [4.69, 9.17) is 4.74 Å². The van der Waals surface area contributed by atoms with E-state index < -0.39 is 61.9 Å². The van der Waals surface area contributed by atoms with E-state index in [0.29, 0.717) is 17.0 Å². The Hall–Kier alpha value is -4.62. The van der Waals surface area contributed by atoms with Crippen LogP contribution in [-0.4, -0.2) is 37.7 Å². The fourth-order valence-electron chi connectivity index (χ4n) is 6.23. The zero-order chi connectivity index (χ0) is 37.0. The number of carbonyl (C=O) groups excluding carboxylic acids is 2. The lowest BCUT2D eigenvalue weighted by molar-refractivity contribution is -0.121. The van der Waals surface area contributed by atoms with Gasteiger partial charge in [0, 0.05) is 12.7 Å². The average molecular weight is 729 g/mol. The summed E-state index contributed by atoms with van der Waals surface area (Å²) < 4.78 is 103. The molecule has 0 spiro atoms. The number of hydrogen-bond donors (Lipinski definition) is 0. The van der Waals surface area contributed by atoms with Crippen LogP contribution in [0.15, 0.2) is 77.7 Å². The molecule has 0 aliphatic heterocycles. The van der Waals surface area contributed by atoms with E-state index in [1.807, 2.05) is 42.5 Å². The molecule has 0 heterocycles. The maximum atomic E-state index is 14.6. The number of benzene rings is 4. The Kier molecular flexibility index (Phi) is 11.6. The van der Waals surface area contributed by atoms with Crippen LogP contribution in [0.1, 0.15) is 77.6 Å². The molecule has 4 aromatic rings. The number of sulfonamides is 1. The molecule has 1 saturated carbocycles. The molecule has 270 valence electrons. The van der Waals surface area contributed by atoms with Gasteiger partial charge in [-0.2, -0.15) is 4.31 Å². The largest absolute Gasteiger partial charge is 0.457 e. The van der Waals surface area contributed by atoms with Gasteiger partial charge in [-0.25, -0.2) is 35.2 Å². The van der Waals surface area contributed by atoms with Gasteiger partial charge in [0.1, 0.15) is 12.6 Å². The zero-order valence-electron chi connectivity index (χ0n) is 28.3. The molecular weight excluding hydrogens is 691 g/mol. The number of carbonyl (C=O) groups is 2. The zero-order valence-corrected chi connectivity index (χ0v) is 29.1. The van der Waals surface area contributed by atoms with Gasteiger partial charge in [0.05, 0.1) is 12.1 Å². The Morgan fingerprint density at radius 3 is 1.98 bits per heavy atom. The molecule has 0 N–H and O–H groups in total. The van der Waals surface area contributed by atoms with Crippen LogP contribution >= 0.6 is 0 Å². The summed E-state index contributed by atoms with van der Waals surface area (Å²) in [5, 5.41) is 0. The van der Waals surface area contributed by atoms with Gasteiger partial charge in [0.25, 0.3) is 0 Å². The molecule has 0 bridgehead atoms. The maximum Gasteiger partial charge on any atom is 0.338 e. The number of hydrogen-bond acceptors (Lipinski definition) is 5. The monoisotopic (exact) mass is 728 g/mol. The number of likely N-dealkylation sites (N-methyl/N-ethyl adjacent to an activating group) is 1. The van der Waals surface area contributed by atoms with E-state index >= 15 is 0 Å². The number of amides is 1.